The molecule has 1 amide bonds. The maximum absolute atomic E-state index is 13.5. The van der Waals surface area contributed by atoms with Crippen molar-refractivity contribution in [3.05, 3.63) is 77.1 Å². The monoisotopic (exact) mass is 432 g/mol. The summed E-state index contributed by atoms with van der Waals surface area (Å²) in [6, 6.07) is 15.3. The smallest absolute Gasteiger partial charge is 0.262 e. The van der Waals surface area contributed by atoms with Crippen molar-refractivity contribution in [1.82, 2.24) is 19.7 Å². The average molecular weight is 433 g/mol. The molecular weight excluding hydrogens is 412 g/mol. The first-order valence-electron chi connectivity index (χ1n) is 10.2. The molecule has 4 aromatic rings. The summed E-state index contributed by atoms with van der Waals surface area (Å²) < 4.78 is 1.73. The molecule has 0 aliphatic carbocycles. The highest BCUT2D eigenvalue weighted by atomic mass is 35.5. The summed E-state index contributed by atoms with van der Waals surface area (Å²) in [5.41, 5.74) is 3.04. The summed E-state index contributed by atoms with van der Waals surface area (Å²) in [7, 11) is 1.98. The van der Waals surface area contributed by atoms with Crippen molar-refractivity contribution in [2.45, 2.75) is 13.0 Å². The highest BCUT2D eigenvalue weighted by Gasteiger charge is 2.28. The van der Waals surface area contributed by atoms with Crippen LogP contribution in [0, 0.1) is 0 Å². The molecule has 156 valence electrons. The molecule has 7 nitrogen and oxygen atoms in total. The molecule has 0 atom stereocenters. The van der Waals surface area contributed by atoms with Gasteiger partial charge in [-0.25, -0.2) is 9.97 Å². The summed E-state index contributed by atoms with van der Waals surface area (Å²) in [6.07, 6.45) is 4.18. The number of benzene rings is 2. The van der Waals surface area contributed by atoms with Crippen LogP contribution in [-0.4, -0.2) is 45.8 Å². The third-order valence-electron chi connectivity index (χ3n) is 5.44. The Morgan fingerprint density at radius 1 is 1.00 bits per heavy atom. The Morgan fingerprint density at radius 2 is 1.71 bits per heavy atom. The Morgan fingerprint density at radius 3 is 2.48 bits per heavy atom. The molecule has 0 saturated carbocycles. The predicted molar refractivity (Wildman–Crippen MR) is 122 cm³/mol. The quantitative estimate of drug-likeness (QED) is 0.489. The number of carbonyl (C=O) groups excluding carboxylic acids is 1. The molecule has 0 spiro atoms. The van der Waals surface area contributed by atoms with Crippen LogP contribution in [-0.2, 0) is 6.54 Å². The van der Waals surface area contributed by atoms with Crippen LogP contribution in [0.15, 0.2) is 60.9 Å². The van der Waals surface area contributed by atoms with Gasteiger partial charge in [0, 0.05) is 31.4 Å². The zero-order chi connectivity index (χ0) is 21.4. The Kier molecular flexibility index (Phi) is 5.03. The fourth-order valence-electron chi connectivity index (χ4n) is 3.81. The van der Waals surface area contributed by atoms with Gasteiger partial charge in [0.2, 0.25) is 0 Å². The van der Waals surface area contributed by atoms with E-state index < -0.39 is 0 Å². The minimum Gasteiger partial charge on any atom is -0.357 e. The normalized spacial score (nSPS) is 13.9. The lowest BCUT2D eigenvalue weighted by Crippen LogP contribution is -2.32. The first-order chi connectivity index (χ1) is 15.1. The van der Waals surface area contributed by atoms with Gasteiger partial charge in [0.15, 0.2) is 11.6 Å². The van der Waals surface area contributed by atoms with Gasteiger partial charge in [-0.3, -0.25) is 14.4 Å². The molecule has 31 heavy (non-hydrogen) atoms. The van der Waals surface area contributed by atoms with Crippen LogP contribution in [0.1, 0.15) is 22.3 Å². The number of para-hydroxylation sites is 2. The van der Waals surface area contributed by atoms with Crippen molar-refractivity contribution in [2.24, 2.45) is 0 Å². The highest BCUT2D eigenvalue weighted by Crippen LogP contribution is 2.31. The van der Waals surface area contributed by atoms with Crippen molar-refractivity contribution < 1.29 is 4.79 Å². The molecular formula is C23H21ClN6O. The Bertz CT molecular complexity index is 1270. The second-order valence-electron chi connectivity index (χ2n) is 7.61. The van der Waals surface area contributed by atoms with Crippen LogP contribution in [0.3, 0.4) is 0 Å². The van der Waals surface area contributed by atoms with Crippen molar-refractivity contribution in [3.63, 3.8) is 0 Å². The zero-order valence-electron chi connectivity index (χ0n) is 17.1. The lowest BCUT2D eigenvalue weighted by atomic mass is 10.2. The van der Waals surface area contributed by atoms with Gasteiger partial charge in [0.25, 0.3) is 5.91 Å². The number of nitrogens with zero attached hydrogens (tertiary/aromatic N) is 6. The number of fused-ring (bicyclic) bond motifs is 2. The van der Waals surface area contributed by atoms with Crippen LogP contribution >= 0.6 is 11.6 Å². The minimum atomic E-state index is -0.133. The molecule has 3 heterocycles. The molecule has 0 saturated heterocycles. The van der Waals surface area contributed by atoms with E-state index in [-0.39, 0.29) is 5.91 Å². The summed E-state index contributed by atoms with van der Waals surface area (Å²) >= 11 is 6.26. The molecule has 0 radical (unpaired) electrons. The third-order valence-corrected chi connectivity index (χ3v) is 5.81. The van der Waals surface area contributed by atoms with E-state index in [1.807, 2.05) is 55.6 Å². The van der Waals surface area contributed by atoms with Crippen LogP contribution in [0.4, 0.5) is 11.6 Å². The van der Waals surface area contributed by atoms with Gasteiger partial charge in [-0.15, -0.1) is 0 Å². The van der Waals surface area contributed by atoms with Crippen LogP contribution in [0.5, 0.6) is 0 Å². The highest BCUT2D eigenvalue weighted by molar-refractivity contribution is 6.31. The molecule has 8 heteroatoms. The number of anilines is 2. The molecule has 0 bridgehead atoms. The zero-order valence-corrected chi connectivity index (χ0v) is 17.8. The standard InChI is InChI=1S/C23H21ClN6O/c1-28-11-6-12-30(22-21(28)26-19-9-4-5-10-20(19)27-22)23(31)17-13-25-29(15-17)14-16-7-2-3-8-18(16)24/h2-5,7-10,13,15H,6,11-12,14H2,1H3. The fraction of sp³-hybridized carbons (Fsp3) is 0.217. The first-order valence-corrected chi connectivity index (χ1v) is 10.5. The molecule has 0 fully saturated rings. The van der Waals surface area contributed by atoms with E-state index in [1.54, 1.807) is 22.0 Å². The van der Waals surface area contributed by atoms with Crippen molar-refractivity contribution in [3.8, 4) is 0 Å². The molecule has 1 aliphatic rings. The fourth-order valence-corrected chi connectivity index (χ4v) is 4.01. The largest absolute Gasteiger partial charge is 0.357 e. The molecule has 1 aliphatic heterocycles. The molecule has 0 N–H and O–H groups in total. The first kappa shape index (κ1) is 19.5. The number of carbonyl (C=O) groups is 1. The lowest BCUT2D eigenvalue weighted by Gasteiger charge is -2.22. The number of aromatic nitrogens is 4. The van der Waals surface area contributed by atoms with E-state index in [4.69, 9.17) is 21.6 Å². The van der Waals surface area contributed by atoms with Gasteiger partial charge in [0.05, 0.1) is 29.3 Å². The number of hydrogen-bond donors (Lipinski definition) is 0. The van der Waals surface area contributed by atoms with Gasteiger partial charge >= 0.3 is 0 Å². The maximum Gasteiger partial charge on any atom is 0.262 e. The molecule has 5 rings (SSSR count). The van der Waals surface area contributed by atoms with Crippen molar-refractivity contribution in [2.75, 3.05) is 29.9 Å². The SMILES string of the molecule is CN1CCCN(C(=O)c2cnn(Cc3ccccc3Cl)c2)c2nc3ccccc3nc21. The number of amides is 1. The van der Waals surface area contributed by atoms with Gasteiger partial charge in [-0.2, -0.15) is 5.10 Å². The second-order valence-corrected chi connectivity index (χ2v) is 8.02. The van der Waals surface area contributed by atoms with Gasteiger partial charge in [-0.05, 0) is 30.2 Å². The molecule has 0 unspecified atom stereocenters. The average Bonchev–Trinajstić information content (AvgIpc) is 3.19. The van der Waals surface area contributed by atoms with Crippen LogP contribution in [0.2, 0.25) is 5.02 Å². The molecule has 2 aromatic heterocycles. The second kappa shape index (κ2) is 8.00. The summed E-state index contributed by atoms with van der Waals surface area (Å²) in [5, 5.41) is 5.06. The maximum atomic E-state index is 13.5. The Labute approximate surface area is 184 Å². The van der Waals surface area contributed by atoms with E-state index in [0.29, 0.717) is 35.3 Å². The van der Waals surface area contributed by atoms with E-state index in [1.165, 1.54) is 0 Å². The topological polar surface area (TPSA) is 67.2 Å². The van der Waals surface area contributed by atoms with Gasteiger partial charge < -0.3 is 4.90 Å². The van der Waals surface area contributed by atoms with Crippen molar-refractivity contribution in [1.29, 1.82) is 0 Å². The van der Waals surface area contributed by atoms with Gasteiger partial charge in [0.1, 0.15) is 0 Å². The summed E-state index contributed by atoms with van der Waals surface area (Å²) in [4.78, 5) is 26.8. The summed E-state index contributed by atoms with van der Waals surface area (Å²) in [5.74, 6) is 1.17. The number of halogens is 1. The third kappa shape index (κ3) is 3.72. The van der Waals surface area contributed by atoms with E-state index in [0.717, 1.165) is 29.6 Å². The van der Waals surface area contributed by atoms with Crippen LogP contribution < -0.4 is 9.80 Å². The van der Waals surface area contributed by atoms with E-state index in [9.17, 15) is 4.79 Å². The molecule has 2 aromatic carbocycles. The minimum absolute atomic E-state index is 0.133. The van der Waals surface area contributed by atoms with E-state index in [2.05, 4.69) is 10.00 Å². The number of rotatable bonds is 3. The summed E-state index contributed by atoms with van der Waals surface area (Å²) in [6.45, 7) is 1.87. The lowest BCUT2D eigenvalue weighted by molar-refractivity contribution is 0.0986. The van der Waals surface area contributed by atoms with Crippen LogP contribution in [0.25, 0.3) is 11.0 Å². The van der Waals surface area contributed by atoms with E-state index >= 15 is 0 Å². The van der Waals surface area contributed by atoms with Gasteiger partial charge in [-0.1, -0.05) is 41.9 Å². The Balaban J connectivity index is 1.48. The Hall–Kier alpha value is -3.45. The predicted octanol–water partition coefficient (Wildman–Crippen LogP) is 4.01. The number of hydrogen-bond acceptors (Lipinski definition) is 5. The van der Waals surface area contributed by atoms with Crippen molar-refractivity contribution >= 4 is 40.2 Å².